The summed E-state index contributed by atoms with van der Waals surface area (Å²) >= 11 is 0. The molecule has 1 heterocycles. The number of amides is 2. The molecule has 2 rings (SSSR count). The first-order valence-electron chi connectivity index (χ1n) is 7.21. The molecule has 0 aromatic carbocycles. The lowest BCUT2D eigenvalue weighted by Crippen LogP contribution is -2.51. The first-order valence-corrected chi connectivity index (χ1v) is 7.21. The molecule has 2 fully saturated rings. The van der Waals surface area contributed by atoms with Crippen molar-refractivity contribution in [3.05, 3.63) is 0 Å². The molecule has 0 spiro atoms. The van der Waals surface area contributed by atoms with Crippen LogP contribution in [0.1, 0.15) is 19.8 Å². The summed E-state index contributed by atoms with van der Waals surface area (Å²) in [7, 11) is 0. The molecule has 0 aromatic heterocycles. The molecule has 2 aliphatic rings. The van der Waals surface area contributed by atoms with Crippen molar-refractivity contribution in [1.29, 1.82) is 0 Å². The second-order valence-electron chi connectivity index (χ2n) is 5.39. The lowest BCUT2D eigenvalue weighted by molar-refractivity contribution is -0.139. The van der Waals surface area contributed by atoms with Crippen molar-refractivity contribution in [2.45, 2.75) is 31.9 Å². The van der Waals surface area contributed by atoms with Crippen LogP contribution >= 0.6 is 0 Å². The number of nitrogens with one attached hydrogen (secondary N) is 2. The maximum absolute atomic E-state index is 11.7. The average molecular weight is 285 g/mol. The van der Waals surface area contributed by atoms with E-state index in [9.17, 15) is 9.59 Å². The summed E-state index contributed by atoms with van der Waals surface area (Å²) in [6.45, 7) is 5.84. The lowest BCUT2D eigenvalue weighted by atomic mass is 10.2. The Morgan fingerprint density at radius 1 is 1.45 bits per heavy atom. The number of carboxylic acids is 1. The lowest BCUT2D eigenvalue weighted by Gasteiger charge is -2.32. The topological polar surface area (TPSA) is 90.9 Å². The van der Waals surface area contributed by atoms with Gasteiger partial charge in [-0.2, -0.15) is 0 Å². The molecular weight excluding hydrogens is 262 g/mol. The Balaban J connectivity index is 1.70. The number of morpholine rings is 1. The van der Waals surface area contributed by atoms with Crippen LogP contribution in [0.2, 0.25) is 0 Å². The van der Waals surface area contributed by atoms with Gasteiger partial charge in [0.15, 0.2) is 0 Å². The number of urea groups is 1. The molecule has 0 radical (unpaired) electrons. The number of carbonyl (C=O) groups is 2. The van der Waals surface area contributed by atoms with Gasteiger partial charge in [0.2, 0.25) is 0 Å². The fourth-order valence-electron chi connectivity index (χ4n) is 2.40. The van der Waals surface area contributed by atoms with Crippen LogP contribution in [0.25, 0.3) is 0 Å². The molecule has 114 valence electrons. The van der Waals surface area contributed by atoms with Gasteiger partial charge in [0.25, 0.3) is 0 Å². The maximum Gasteiger partial charge on any atom is 0.326 e. The zero-order valence-electron chi connectivity index (χ0n) is 11.8. The molecule has 1 aliphatic heterocycles. The highest BCUT2D eigenvalue weighted by atomic mass is 16.5. The summed E-state index contributed by atoms with van der Waals surface area (Å²) in [5.41, 5.74) is 0. The molecule has 20 heavy (non-hydrogen) atoms. The summed E-state index contributed by atoms with van der Waals surface area (Å²) < 4.78 is 5.57. The zero-order valence-corrected chi connectivity index (χ0v) is 11.8. The molecule has 0 aromatic rings. The fraction of sp³-hybridized carbons (Fsp3) is 0.846. The molecule has 2 atom stereocenters. The van der Waals surface area contributed by atoms with Crippen LogP contribution < -0.4 is 10.6 Å². The number of carbonyl (C=O) groups excluding carboxylic acids is 1. The van der Waals surface area contributed by atoms with Gasteiger partial charge in [-0.05, 0) is 25.3 Å². The molecule has 1 saturated carbocycles. The van der Waals surface area contributed by atoms with Crippen LogP contribution in [0, 0.1) is 5.92 Å². The van der Waals surface area contributed by atoms with E-state index in [1.807, 2.05) is 0 Å². The molecule has 1 saturated heterocycles. The van der Waals surface area contributed by atoms with E-state index in [-0.39, 0.29) is 12.0 Å². The molecule has 2 amide bonds. The van der Waals surface area contributed by atoms with Gasteiger partial charge < -0.3 is 20.5 Å². The number of hydrogen-bond acceptors (Lipinski definition) is 4. The van der Waals surface area contributed by atoms with Crippen LogP contribution in [-0.2, 0) is 9.53 Å². The molecule has 2 unspecified atom stereocenters. The van der Waals surface area contributed by atoms with Gasteiger partial charge in [0, 0.05) is 19.6 Å². The maximum atomic E-state index is 11.7. The highest BCUT2D eigenvalue weighted by Crippen LogP contribution is 2.32. The third-order valence-corrected chi connectivity index (χ3v) is 3.81. The molecule has 7 nitrogen and oxygen atoms in total. The Kier molecular flexibility index (Phi) is 5.19. The van der Waals surface area contributed by atoms with E-state index in [1.54, 1.807) is 0 Å². The van der Waals surface area contributed by atoms with Crippen molar-refractivity contribution in [1.82, 2.24) is 15.5 Å². The number of ether oxygens (including phenoxy) is 1. The van der Waals surface area contributed by atoms with Crippen molar-refractivity contribution in [2.24, 2.45) is 5.92 Å². The Morgan fingerprint density at radius 3 is 2.80 bits per heavy atom. The highest BCUT2D eigenvalue weighted by Gasteiger charge is 2.37. The van der Waals surface area contributed by atoms with Gasteiger partial charge in [-0.1, -0.05) is 6.92 Å². The Hall–Kier alpha value is -1.34. The Morgan fingerprint density at radius 2 is 2.20 bits per heavy atom. The second kappa shape index (κ2) is 6.90. The number of rotatable bonds is 6. The smallest absolute Gasteiger partial charge is 0.326 e. The number of nitrogens with zero attached hydrogens (tertiary/aromatic N) is 1. The summed E-state index contributed by atoms with van der Waals surface area (Å²) in [6, 6.07) is -1.20. The van der Waals surface area contributed by atoms with E-state index in [0.717, 1.165) is 32.5 Å². The number of likely N-dealkylation sites (N-methyl/N-ethyl adjacent to an activating group) is 1. The van der Waals surface area contributed by atoms with Gasteiger partial charge >= 0.3 is 12.0 Å². The number of aliphatic carboxylic acids is 1. The van der Waals surface area contributed by atoms with E-state index < -0.39 is 18.0 Å². The first kappa shape index (κ1) is 15.1. The minimum atomic E-state index is -0.964. The quantitative estimate of drug-likeness (QED) is 0.632. The van der Waals surface area contributed by atoms with E-state index in [2.05, 4.69) is 22.5 Å². The first-order chi connectivity index (χ1) is 9.60. The number of hydrogen-bond donors (Lipinski definition) is 3. The predicted octanol–water partition coefficient (Wildman–Crippen LogP) is -0.130. The van der Waals surface area contributed by atoms with Crippen LogP contribution in [0.4, 0.5) is 4.79 Å². The Labute approximate surface area is 118 Å². The molecular formula is C13H23N3O4. The van der Waals surface area contributed by atoms with Gasteiger partial charge in [0.05, 0.1) is 12.7 Å². The van der Waals surface area contributed by atoms with Gasteiger partial charge in [0.1, 0.15) is 6.04 Å². The third-order valence-electron chi connectivity index (χ3n) is 3.81. The van der Waals surface area contributed by atoms with E-state index in [1.165, 1.54) is 0 Å². The van der Waals surface area contributed by atoms with Crippen molar-refractivity contribution in [3.8, 4) is 0 Å². The molecule has 1 aliphatic carbocycles. The van der Waals surface area contributed by atoms with Crippen molar-refractivity contribution in [2.75, 3.05) is 32.8 Å². The van der Waals surface area contributed by atoms with E-state index in [0.29, 0.717) is 13.2 Å². The molecule has 0 bridgehead atoms. The summed E-state index contributed by atoms with van der Waals surface area (Å²) in [5.74, 6) is -0.881. The van der Waals surface area contributed by atoms with Crippen molar-refractivity contribution in [3.63, 3.8) is 0 Å². The minimum Gasteiger partial charge on any atom is -0.480 e. The Bertz CT molecular complexity index is 360. The van der Waals surface area contributed by atoms with Gasteiger partial charge in [-0.3, -0.25) is 4.90 Å². The summed E-state index contributed by atoms with van der Waals surface area (Å²) in [4.78, 5) is 25.0. The highest BCUT2D eigenvalue weighted by molar-refractivity contribution is 5.83. The standard InChI is InChI=1S/C13H23N3O4/c1-2-16-5-6-20-10(8-16)7-14-13(19)15-11(12(17)18)9-3-4-9/h9-11H,2-8H2,1H3,(H,17,18)(H2,14,15,19). The third kappa shape index (κ3) is 4.35. The van der Waals surface area contributed by atoms with Crippen LogP contribution in [0.15, 0.2) is 0 Å². The zero-order chi connectivity index (χ0) is 14.5. The van der Waals surface area contributed by atoms with Crippen molar-refractivity contribution >= 4 is 12.0 Å². The molecule has 7 heteroatoms. The van der Waals surface area contributed by atoms with Crippen LogP contribution in [-0.4, -0.2) is 66.9 Å². The average Bonchev–Trinajstić information content (AvgIpc) is 3.27. The van der Waals surface area contributed by atoms with Crippen LogP contribution in [0.3, 0.4) is 0 Å². The minimum absolute atomic E-state index is 0.0290. The summed E-state index contributed by atoms with van der Waals surface area (Å²) in [6.07, 6.45) is 1.71. The second-order valence-corrected chi connectivity index (χ2v) is 5.39. The van der Waals surface area contributed by atoms with Crippen molar-refractivity contribution < 1.29 is 19.4 Å². The normalized spacial score (nSPS) is 24.9. The SMILES string of the molecule is CCN1CCOC(CNC(=O)NC(C(=O)O)C2CC2)C1. The largest absolute Gasteiger partial charge is 0.480 e. The summed E-state index contributed by atoms with van der Waals surface area (Å²) in [5, 5.41) is 14.3. The number of carboxylic acid groups (broad SMARTS) is 1. The fourth-order valence-corrected chi connectivity index (χ4v) is 2.40. The van der Waals surface area contributed by atoms with Gasteiger partial charge in [-0.25, -0.2) is 9.59 Å². The molecule has 3 N–H and O–H groups in total. The van der Waals surface area contributed by atoms with Crippen LogP contribution in [0.5, 0.6) is 0 Å². The monoisotopic (exact) mass is 285 g/mol. The van der Waals surface area contributed by atoms with E-state index in [4.69, 9.17) is 9.84 Å². The van der Waals surface area contributed by atoms with Gasteiger partial charge in [-0.15, -0.1) is 0 Å². The predicted molar refractivity (Wildman–Crippen MR) is 72.5 cm³/mol. The van der Waals surface area contributed by atoms with E-state index >= 15 is 0 Å².